The number of fused-ring (bicyclic) bond motifs is 1. The van der Waals surface area contributed by atoms with Crippen LogP contribution in [0.1, 0.15) is 23.6 Å². The average Bonchev–Trinajstić information content (AvgIpc) is 2.57. The van der Waals surface area contributed by atoms with Crippen LogP contribution >= 0.6 is 0 Å². The Morgan fingerprint density at radius 1 is 1.08 bits per heavy atom. The van der Waals surface area contributed by atoms with Crippen LogP contribution in [0.15, 0.2) is 51.7 Å². The van der Waals surface area contributed by atoms with Gasteiger partial charge in [0.25, 0.3) is 5.91 Å². The van der Waals surface area contributed by atoms with Crippen molar-refractivity contribution in [2.45, 2.75) is 27.2 Å². The average molecular weight is 351 g/mol. The van der Waals surface area contributed by atoms with Crippen molar-refractivity contribution in [3.8, 4) is 5.75 Å². The summed E-state index contributed by atoms with van der Waals surface area (Å²) in [7, 11) is 0. The van der Waals surface area contributed by atoms with Crippen LogP contribution in [-0.4, -0.2) is 12.5 Å². The molecule has 5 heteroatoms. The topological polar surface area (TPSA) is 68.5 Å². The summed E-state index contributed by atoms with van der Waals surface area (Å²) in [5.41, 5.74) is 3.90. The Labute approximate surface area is 151 Å². The van der Waals surface area contributed by atoms with Crippen LogP contribution in [0.5, 0.6) is 5.75 Å². The van der Waals surface area contributed by atoms with Crippen LogP contribution in [0, 0.1) is 13.8 Å². The van der Waals surface area contributed by atoms with E-state index in [0.29, 0.717) is 11.3 Å². The molecule has 0 fully saturated rings. The maximum absolute atomic E-state index is 12.1. The highest BCUT2D eigenvalue weighted by atomic mass is 16.5. The van der Waals surface area contributed by atoms with Crippen molar-refractivity contribution in [3.63, 3.8) is 0 Å². The van der Waals surface area contributed by atoms with Crippen LogP contribution in [0.25, 0.3) is 11.0 Å². The van der Waals surface area contributed by atoms with Crippen molar-refractivity contribution in [1.29, 1.82) is 0 Å². The number of carbonyl (C=O) groups excluding carboxylic acids is 1. The van der Waals surface area contributed by atoms with E-state index >= 15 is 0 Å². The van der Waals surface area contributed by atoms with Gasteiger partial charge < -0.3 is 14.5 Å². The Morgan fingerprint density at radius 2 is 1.81 bits per heavy atom. The van der Waals surface area contributed by atoms with Gasteiger partial charge in [0, 0.05) is 23.2 Å². The summed E-state index contributed by atoms with van der Waals surface area (Å²) in [5.74, 6) is 0.225. The number of anilines is 1. The molecule has 1 amide bonds. The highest BCUT2D eigenvalue weighted by Gasteiger charge is 2.08. The third-order valence-corrected chi connectivity index (χ3v) is 4.06. The van der Waals surface area contributed by atoms with Gasteiger partial charge >= 0.3 is 5.63 Å². The summed E-state index contributed by atoms with van der Waals surface area (Å²) in [5, 5.41) is 3.70. The molecule has 134 valence electrons. The van der Waals surface area contributed by atoms with Gasteiger partial charge in [0.05, 0.1) is 0 Å². The van der Waals surface area contributed by atoms with Gasteiger partial charge in [-0.15, -0.1) is 0 Å². The number of benzene rings is 2. The number of hydrogen-bond donors (Lipinski definition) is 1. The lowest BCUT2D eigenvalue weighted by atomic mass is 10.1. The van der Waals surface area contributed by atoms with Gasteiger partial charge in [-0.3, -0.25) is 4.79 Å². The second-order valence-electron chi connectivity index (χ2n) is 6.32. The molecule has 2 aromatic carbocycles. The SMILES string of the molecule is CCc1cc(=O)oc2cc(OCC(=O)Nc3cc(C)cc(C)c3)ccc12. The zero-order chi connectivity index (χ0) is 18.7. The quantitative estimate of drug-likeness (QED) is 0.706. The summed E-state index contributed by atoms with van der Waals surface area (Å²) in [4.78, 5) is 23.7. The molecule has 1 heterocycles. The second kappa shape index (κ2) is 7.44. The first kappa shape index (κ1) is 17.7. The molecule has 26 heavy (non-hydrogen) atoms. The van der Waals surface area contributed by atoms with Gasteiger partial charge in [0.15, 0.2) is 6.61 Å². The molecule has 0 atom stereocenters. The molecule has 0 radical (unpaired) electrons. The molecule has 3 rings (SSSR count). The maximum atomic E-state index is 12.1. The van der Waals surface area contributed by atoms with Gasteiger partial charge in [0.1, 0.15) is 11.3 Å². The van der Waals surface area contributed by atoms with E-state index in [2.05, 4.69) is 5.32 Å². The third-order valence-electron chi connectivity index (χ3n) is 4.06. The van der Waals surface area contributed by atoms with E-state index in [1.165, 1.54) is 6.07 Å². The Hall–Kier alpha value is -3.08. The lowest BCUT2D eigenvalue weighted by molar-refractivity contribution is -0.118. The fourth-order valence-electron chi connectivity index (χ4n) is 2.99. The highest BCUT2D eigenvalue weighted by Crippen LogP contribution is 2.23. The molecule has 0 saturated heterocycles. The lowest BCUT2D eigenvalue weighted by Gasteiger charge is -2.10. The van der Waals surface area contributed by atoms with Crippen molar-refractivity contribution in [2.75, 3.05) is 11.9 Å². The summed E-state index contributed by atoms with van der Waals surface area (Å²) >= 11 is 0. The molecule has 5 nitrogen and oxygen atoms in total. The number of nitrogens with one attached hydrogen (secondary N) is 1. The molecule has 3 aromatic rings. The van der Waals surface area contributed by atoms with Crippen LogP contribution in [0.4, 0.5) is 5.69 Å². The molecule has 0 aliphatic heterocycles. The molecular formula is C21H21NO4. The second-order valence-corrected chi connectivity index (χ2v) is 6.32. The molecule has 1 aromatic heterocycles. The molecule has 0 bridgehead atoms. The van der Waals surface area contributed by atoms with Crippen molar-refractivity contribution >= 4 is 22.6 Å². The first-order chi connectivity index (χ1) is 12.4. The Balaban J connectivity index is 1.71. The third kappa shape index (κ3) is 4.11. The van der Waals surface area contributed by atoms with Crippen LogP contribution < -0.4 is 15.7 Å². The van der Waals surface area contributed by atoms with Crippen LogP contribution in [0.2, 0.25) is 0 Å². The molecule has 0 aliphatic carbocycles. The van der Waals surface area contributed by atoms with E-state index in [4.69, 9.17) is 9.15 Å². The van der Waals surface area contributed by atoms with Crippen LogP contribution in [-0.2, 0) is 11.2 Å². The summed E-state index contributed by atoms with van der Waals surface area (Å²) in [6.07, 6.45) is 0.737. The first-order valence-corrected chi connectivity index (χ1v) is 8.52. The molecule has 0 unspecified atom stereocenters. The van der Waals surface area contributed by atoms with E-state index in [-0.39, 0.29) is 18.1 Å². The Bertz CT molecular complexity index is 1000. The minimum Gasteiger partial charge on any atom is -0.484 e. The minimum absolute atomic E-state index is 0.129. The van der Waals surface area contributed by atoms with E-state index in [9.17, 15) is 9.59 Å². The van der Waals surface area contributed by atoms with Crippen molar-refractivity contribution in [1.82, 2.24) is 0 Å². The summed E-state index contributed by atoms with van der Waals surface area (Å²) < 4.78 is 10.8. The summed E-state index contributed by atoms with van der Waals surface area (Å²) in [6, 6.07) is 12.6. The van der Waals surface area contributed by atoms with Crippen molar-refractivity contribution in [2.24, 2.45) is 0 Å². The van der Waals surface area contributed by atoms with Crippen molar-refractivity contribution in [3.05, 3.63) is 69.6 Å². The fraction of sp³-hybridized carbons (Fsp3) is 0.238. The smallest absolute Gasteiger partial charge is 0.336 e. The van der Waals surface area contributed by atoms with Gasteiger partial charge in [-0.25, -0.2) is 4.79 Å². The van der Waals surface area contributed by atoms with E-state index in [1.807, 2.05) is 45.0 Å². The number of amides is 1. The number of hydrogen-bond acceptors (Lipinski definition) is 4. The molecule has 0 saturated carbocycles. The zero-order valence-electron chi connectivity index (χ0n) is 15.1. The first-order valence-electron chi connectivity index (χ1n) is 8.52. The number of rotatable bonds is 5. The summed E-state index contributed by atoms with van der Waals surface area (Å²) in [6.45, 7) is 5.81. The minimum atomic E-state index is -0.390. The van der Waals surface area contributed by atoms with E-state index in [0.717, 1.165) is 34.2 Å². The highest BCUT2D eigenvalue weighted by molar-refractivity contribution is 5.92. The molecular weight excluding hydrogens is 330 g/mol. The number of aryl methyl sites for hydroxylation is 3. The Morgan fingerprint density at radius 3 is 2.50 bits per heavy atom. The molecule has 1 N–H and O–H groups in total. The Kier molecular flexibility index (Phi) is 5.07. The maximum Gasteiger partial charge on any atom is 0.336 e. The predicted octanol–water partition coefficient (Wildman–Crippen LogP) is 3.99. The number of carbonyl (C=O) groups is 1. The van der Waals surface area contributed by atoms with Crippen LogP contribution in [0.3, 0.4) is 0 Å². The monoisotopic (exact) mass is 351 g/mol. The fourth-order valence-corrected chi connectivity index (χ4v) is 2.99. The van der Waals surface area contributed by atoms with Gasteiger partial charge in [-0.1, -0.05) is 13.0 Å². The van der Waals surface area contributed by atoms with Crippen molar-refractivity contribution < 1.29 is 13.9 Å². The predicted molar refractivity (Wildman–Crippen MR) is 102 cm³/mol. The standard InChI is InChI=1S/C21H21NO4/c1-4-15-10-21(24)26-19-11-17(5-6-18(15)19)25-12-20(23)22-16-8-13(2)7-14(3)9-16/h5-11H,4,12H2,1-3H3,(H,22,23). The number of ether oxygens (including phenoxy) is 1. The zero-order valence-corrected chi connectivity index (χ0v) is 15.1. The molecule has 0 spiro atoms. The van der Waals surface area contributed by atoms with Gasteiger partial charge in [-0.05, 0) is 61.2 Å². The van der Waals surface area contributed by atoms with Gasteiger partial charge in [0.2, 0.25) is 0 Å². The van der Waals surface area contributed by atoms with E-state index in [1.54, 1.807) is 12.1 Å². The normalized spacial score (nSPS) is 10.7. The largest absolute Gasteiger partial charge is 0.484 e. The lowest BCUT2D eigenvalue weighted by Crippen LogP contribution is -2.20. The molecule has 0 aliphatic rings. The van der Waals surface area contributed by atoms with E-state index < -0.39 is 0 Å². The van der Waals surface area contributed by atoms with Gasteiger partial charge in [-0.2, -0.15) is 0 Å².